The molecular formula is C21H29FN2O2. The Morgan fingerprint density at radius 1 is 1.19 bits per heavy atom. The van der Waals surface area contributed by atoms with Gasteiger partial charge < -0.3 is 9.80 Å². The molecule has 0 aromatic heterocycles. The molecule has 0 bridgehead atoms. The van der Waals surface area contributed by atoms with Crippen molar-refractivity contribution in [3.8, 4) is 0 Å². The molecule has 1 atom stereocenters. The summed E-state index contributed by atoms with van der Waals surface area (Å²) in [6.45, 7) is 6.75. The first-order valence-corrected chi connectivity index (χ1v) is 9.80. The number of ketones is 1. The molecule has 4 nitrogen and oxygen atoms in total. The molecule has 1 amide bonds. The molecule has 2 saturated heterocycles. The van der Waals surface area contributed by atoms with Gasteiger partial charge >= 0.3 is 0 Å². The van der Waals surface area contributed by atoms with Crippen molar-refractivity contribution in [1.82, 2.24) is 9.80 Å². The summed E-state index contributed by atoms with van der Waals surface area (Å²) < 4.78 is 13.0. The fraction of sp³-hybridized carbons (Fsp3) is 0.619. The lowest BCUT2D eigenvalue weighted by Crippen LogP contribution is -2.54. The molecule has 26 heavy (non-hydrogen) atoms. The van der Waals surface area contributed by atoms with Gasteiger partial charge in [0.2, 0.25) is 5.91 Å². The summed E-state index contributed by atoms with van der Waals surface area (Å²) in [5.74, 6) is 0.0598. The van der Waals surface area contributed by atoms with Gasteiger partial charge in [0.25, 0.3) is 0 Å². The molecule has 1 spiro atoms. The van der Waals surface area contributed by atoms with Crippen LogP contribution in [0.3, 0.4) is 0 Å². The maximum atomic E-state index is 13.0. The molecule has 2 aliphatic heterocycles. The SMILES string of the molecule is CCN1C[C@@]2(CCCN(CCCC(=O)c3ccc(F)cc3)C2)CCC1=O. The first-order valence-electron chi connectivity index (χ1n) is 9.80. The highest BCUT2D eigenvalue weighted by molar-refractivity contribution is 5.95. The molecule has 3 rings (SSSR count). The molecule has 1 aromatic carbocycles. The van der Waals surface area contributed by atoms with Gasteiger partial charge in [-0.15, -0.1) is 0 Å². The number of halogens is 1. The van der Waals surface area contributed by atoms with E-state index >= 15 is 0 Å². The Balaban J connectivity index is 1.49. The van der Waals surface area contributed by atoms with Crippen molar-refractivity contribution in [2.75, 3.05) is 32.7 Å². The zero-order valence-corrected chi connectivity index (χ0v) is 15.7. The van der Waals surface area contributed by atoms with Crippen LogP contribution in [0.5, 0.6) is 0 Å². The molecule has 0 saturated carbocycles. The summed E-state index contributed by atoms with van der Waals surface area (Å²) in [6, 6.07) is 5.80. The topological polar surface area (TPSA) is 40.6 Å². The number of hydrogen-bond donors (Lipinski definition) is 0. The monoisotopic (exact) mass is 360 g/mol. The van der Waals surface area contributed by atoms with Crippen LogP contribution in [0.2, 0.25) is 0 Å². The Morgan fingerprint density at radius 3 is 2.69 bits per heavy atom. The highest BCUT2D eigenvalue weighted by Gasteiger charge is 2.40. The van der Waals surface area contributed by atoms with Crippen LogP contribution in [-0.2, 0) is 4.79 Å². The van der Waals surface area contributed by atoms with Gasteiger partial charge in [-0.2, -0.15) is 0 Å². The zero-order valence-electron chi connectivity index (χ0n) is 15.7. The minimum absolute atomic E-state index is 0.0807. The molecule has 0 N–H and O–H groups in total. The van der Waals surface area contributed by atoms with Gasteiger partial charge in [0.15, 0.2) is 5.78 Å². The van der Waals surface area contributed by atoms with Gasteiger partial charge in [-0.05, 0) is 70.0 Å². The van der Waals surface area contributed by atoms with E-state index in [-0.39, 0.29) is 17.0 Å². The van der Waals surface area contributed by atoms with Gasteiger partial charge in [-0.1, -0.05) is 0 Å². The second kappa shape index (κ2) is 8.30. The molecule has 1 aromatic rings. The van der Waals surface area contributed by atoms with Crippen molar-refractivity contribution in [2.45, 2.75) is 45.4 Å². The number of nitrogens with zero attached hydrogens (tertiary/aromatic N) is 2. The quantitative estimate of drug-likeness (QED) is 0.729. The third kappa shape index (κ3) is 4.50. The summed E-state index contributed by atoms with van der Waals surface area (Å²) in [6.07, 6.45) is 5.34. The van der Waals surface area contributed by atoms with E-state index in [0.29, 0.717) is 24.3 Å². The Hall–Kier alpha value is -1.75. The van der Waals surface area contributed by atoms with E-state index in [1.807, 2.05) is 4.90 Å². The van der Waals surface area contributed by atoms with Gasteiger partial charge in [0.1, 0.15) is 5.82 Å². The molecule has 2 heterocycles. The number of carbonyl (C=O) groups is 2. The van der Waals surface area contributed by atoms with E-state index < -0.39 is 0 Å². The van der Waals surface area contributed by atoms with E-state index in [1.54, 1.807) is 12.1 Å². The van der Waals surface area contributed by atoms with Crippen molar-refractivity contribution in [3.63, 3.8) is 0 Å². The third-order valence-corrected chi connectivity index (χ3v) is 5.91. The number of rotatable bonds is 6. The van der Waals surface area contributed by atoms with Crippen LogP contribution < -0.4 is 0 Å². The molecule has 2 aliphatic rings. The smallest absolute Gasteiger partial charge is 0.222 e. The zero-order chi connectivity index (χ0) is 18.6. The van der Waals surface area contributed by atoms with E-state index in [4.69, 9.17) is 0 Å². The molecule has 0 aliphatic carbocycles. The molecule has 5 heteroatoms. The van der Waals surface area contributed by atoms with Crippen LogP contribution in [0.4, 0.5) is 4.39 Å². The van der Waals surface area contributed by atoms with E-state index in [0.717, 1.165) is 52.0 Å². The predicted octanol–water partition coefficient (Wildman–Crippen LogP) is 3.51. The van der Waals surface area contributed by atoms with E-state index in [1.165, 1.54) is 18.6 Å². The first kappa shape index (κ1) is 19.0. The van der Waals surface area contributed by atoms with Crippen molar-refractivity contribution in [3.05, 3.63) is 35.6 Å². The lowest BCUT2D eigenvalue weighted by atomic mass is 9.73. The van der Waals surface area contributed by atoms with Crippen LogP contribution in [-0.4, -0.2) is 54.2 Å². The van der Waals surface area contributed by atoms with Crippen molar-refractivity contribution >= 4 is 11.7 Å². The summed E-state index contributed by atoms with van der Waals surface area (Å²) in [7, 11) is 0. The molecule has 142 valence electrons. The van der Waals surface area contributed by atoms with Gasteiger partial charge in [0.05, 0.1) is 0 Å². The number of amides is 1. The predicted molar refractivity (Wildman–Crippen MR) is 99.6 cm³/mol. The standard InChI is InChI=1S/C21H29FN2O2/c1-2-24-16-21(12-10-20(24)26)11-4-14-23(15-21)13-3-5-19(25)17-6-8-18(22)9-7-17/h6-9H,2-5,10-16H2,1H3/t21-/m0/s1. The number of hydrogen-bond acceptors (Lipinski definition) is 3. The number of likely N-dealkylation sites (tertiary alicyclic amines) is 2. The lowest BCUT2D eigenvalue weighted by molar-refractivity contribution is -0.139. The Bertz CT molecular complexity index is 646. The van der Waals surface area contributed by atoms with Crippen molar-refractivity contribution < 1.29 is 14.0 Å². The van der Waals surface area contributed by atoms with Crippen LogP contribution in [0, 0.1) is 11.2 Å². The molecule has 0 unspecified atom stereocenters. The largest absolute Gasteiger partial charge is 0.342 e. The molecule has 2 fully saturated rings. The normalized spacial score (nSPS) is 24.2. The maximum Gasteiger partial charge on any atom is 0.222 e. The number of carbonyl (C=O) groups excluding carboxylic acids is 2. The fourth-order valence-electron chi connectivity index (χ4n) is 4.47. The highest BCUT2D eigenvalue weighted by Crippen LogP contribution is 2.38. The Labute approximate surface area is 155 Å². The number of Topliss-reactive ketones (excluding diaryl/α,β-unsaturated/α-hetero) is 1. The van der Waals surface area contributed by atoms with Crippen molar-refractivity contribution in [1.29, 1.82) is 0 Å². The van der Waals surface area contributed by atoms with E-state index in [2.05, 4.69) is 11.8 Å². The van der Waals surface area contributed by atoms with Crippen LogP contribution >= 0.6 is 0 Å². The van der Waals surface area contributed by atoms with Crippen LogP contribution in [0.25, 0.3) is 0 Å². The average molecular weight is 360 g/mol. The summed E-state index contributed by atoms with van der Waals surface area (Å²) in [5, 5.41) is 0. The van der Waals surface area contributed by atoms with Gasteiger partial charge in [-0.25, -0.2) is 4.39 Å². The molecular weight excluding hydrogens is 331 g/mol. The number of piperidine rings is 2. The average Bonchev–Trinajstić information content (AvgIpc) is 2.65. The lowest BCUT2D eigenvalue weighted by Gasteiger charge is -2.48. The van der Waals surface area contributed by atoms with Crippen LogP contribution in [0.1, 0.15) is 55.8 Å². The van der Waals surface area contributed by atoms with E-state index in [9.17, 15) is 14.0 Å². The van der Waals surface area contributed by atoms with Gasteiger partial charge in [-0.3, -0.25) is 9.59 Å². The Morgan fingerprint density at radius 2 is 1.96 bits per heavy atom. The number of benzene rings is 1. The molecule has 0 radical (unpaired) electrons. The Kier molecular flexibility index (Phi) is 6.07. The highest BCUT2D eigenvalue weighted by atomic mass is 19.1. The third-order valence-electron chi connectivity index (χ3n) is 5.91. The minimum atomic E-state index is -0.313. The second-order valence-electron chi connectivity index (χ2n) is 7.82. The fourth-order valence-corrected chi connectivity index (χ4v) is 4.47. The summed E-state index contributed by atoms with van der Waals surface area (Å²) >= 11 is 0. The second-order valence-corrected chi connectivity index (χ2v) is 7.82. The minimum Gasteiger partial charge on any atom is -0.342 e. The van der Waals surface area contributed by atoms with Crippen molar-refractivity contribution in [2.24, 2.45) is 5.41 Å². The van der Waals surface area contributed by atoms with Crippen LogP contribution in [0.15, 0.2) is 24.3 Å². The maximum absolute atomic E-state index is 13.0. The summed E-state index contributed by atoms with van der Waals surface area (Å²) in [4.78, 5) is 28.7. The summed E-state index contributed by atoms with van der Waals surface area (Å²) in [5.41, 5.74) is 0.828. The van der Waals surface area contributed by atoms with Gasteiger partial charge in [0, 0.05) is 43.5 Å². The first-order chi connectivity index (χ1) is 12.5.